The molecule has 0 aliphatic carbocycles. The number of anilines is 1. The van der Waals surface area contributed by atoms with Gasteiger partial charge in [0.25, 0.3) is 0 Å². The highest BCUT2D eigenvalue weighted by Crippen LogP contribution is 2.29. The lowest BCUT2D eigenvalue weighted by atomic mass is 10.2. The summed E-state index contributed by atoms with van der Waals surface area (Å²) in [5.74, 6) is 0.175. The van der Waals surface area contributed by atoms with Crippen LogP contribution in [0.15, 0.2) is 24.5 Å². The Bertz CT molecular complexity index is 472. The van der Waals surface area contributed by atoms with Crippen LogP contribution in [0, 0.1) is 0 Å². The number of imidazole rings is 1. The van der Waals surface area contributed by atoms with Gasteiger partial charge in [-0.05, 0) is 12.1 Å². The zero-order chi connectivity index (χ0) is 10.3. The van der Waals surface area contributed by atoms with Gasteiger partial charge in [0.15, 0.2) is 0 Å². The van der Waals surface area contributed by atoms with Crippen LogP contribution in [0.3, 0.4) is 0 Å². The Morgan fingerprint density at radius 2 is 2.07 bits per heavy atom. The fraction of sp³-hybridized carbons (Fsp3) is 0.125. The zero-order valence-electron chi connectivity index (χ0n) is 6.92. The number of fused-ring (bicyclic) bond motifs is 1. The van der Waals surface area contributed by atoms with Crippen molar-refractivity contribution in [3.8, 4) is 0 Å². The van der Waals surface area contributed by atoms with Crippen molar-refractivity contribution in [2.75, 3.05) is 5.73 Å². The average Bonchev–Trinajstić information content (AvgIpc) is 2.46. The number of alkyl halides is 3. The summed E-state index contributed by atoms with van der Waals surface area (Å²) in [6.07, 6.45) is -1.79. The number of nitrogen functional groups attached to an aromatic ring is 1. The van der Waals surface area contributed by atoms with Gasteiger partial charge >= 0.3 is 6.18 Å². The van der Waals surface area contributed by atoms with Crippen LogP contribution < -0.4 is 5.73 Å². The van der Waals surface area contributed by atoms with Crippen molar-refractivity contribution in [2.45, 2.75) is 6.18 Å². The number of hydrogen-bond donors (Lipinski definition) is 1. The Hall–Kier alpha value is -1.72. The number of pyridine rings is 1. The molecule has 0 fully saturated rings. The second kappa shape index (κ2) is 2.63. The number of hydrogen-bond acceptors (Lipinski definition) is 2. The molecule has 2 heterocycles. The van der Waals surface area contributed by atoms with Crippen LogP contribution in [-0.2, 0) is 6.18 Å². The maximum atomic E-state index is 12.3. The molecule has 74 valence electrons. The standard InChI is InChI=1S/C8H6F3N3/c9-8(10,11)5-1-2-14-6(3-5)4-13-7(14)12/h1-4H,(H2,12,13). The topological polar surface area (TPSA) is 43.3 Å². The SMILES string of the molecule is Nc1ncc2cc(C(F)(F)F)ccn12. The van der Waals surface area contributed by atoms with Crippen LogP contribution in [-0.4, -0.2) is 9.38 Å². The molecule has 2 rings (SSSR count). The molecule has 2 aromatic heterocycles. The summed E-state index contributed by atoms with van der Waals surface area (Å²) in [6, 6.07) is 1.97. The van der Waals surface area contributed by atoms with Gasteiger partial charge in [-0.15, -0.1) is 0 Å². The van der Waals surface area contributed by atoms with Gasteiger partial charge in [0.2, 0.25) is 5.95 Å². The van der Waals surface area contributed by atoms with E-state index in [-0.39, 0.29) is 5.95 Å². The summed E-state index contributed by atoms with van der Waals surface area (Å²) in [4.78, 5) is 3.69. The normalized spacial score (nSPS) is 12.2. The first-order valence-corrected chi connectivity index (χ1v) is 3.78. The van der Waals surface area contributed by atoms with Crippen molar-refractivity contribution in [3.63, 3.8) is 0 Å². The summed E-state index contributed by atoms with van der Waals surface area (Å²) in [7, 11) is 0. The second-order valence-electron chi connectivity index (χ2n) is 2.82. The molecular weight excluding hydrogens is 195 g/mol. The molecule has 0 radical (unpaired) electrons. The Kier molecular flexibility index (Phi) is 1.67. The Balaban J connectivity index is 2.63. The lowest BCUT2D eigenvalue weighted by molar-refractivity contribution is -0.137. The summed E-state index contributed by atoms with van der Waals surface area (Å²) >= 11 is 0. The molecule has 6 heteroatoms. The van der Waals surface area contributed by atoms with E-state index in [1.165, 1.54) is 16.8 Å². The first kappa shape index (κ1) is 8.86. The summed E-state index contributed by atoms with van der Waals surface area (Å²) in [6.45, 7) is 0. The van der Waals surface area contributed by atoms with Gasteiger partial charge in [-0.2, -0.15) is 13.2 Å². The summed E-state index contributed by atoms with van der Waals surface area (Å²) in [5, 5.41) is 0. The third-order valence-corrected chi connectivity index (χ3v) is 1.89. The molecule has 0 aliphatic rings. The van der Waals surface area contributed by atoms with Crippen molar-refractivity contribution in [3.05, 3.63) is 30.1 Å². The van der Waals surface area contributed by atoms with Gasteiger partial charge in [0, 0.05) is 6.20 Å². The average molecular weight is 201 g/mol. The predicted molar refractivity (Wildman–Crippen MR) is 44.6 cm³/mol. The minimum atomic E-state index is -4.33. The quantitative estimate of drug-likeness (QED) is 0.707. The molecule has 14 heavy (non-hydrogen) atoms. The second-order valence-corrected chi connectivity index (χ2v) is 2.82. The van der Waals surface area contributed by atoms with E-state index in [4.69, 9.17) is 5.73 Å². The number of nitrogens with zero attached hydrogens (tertiary/aromatic N) is 2. The molecule has 2 aromatic rings. The van der Waals surface area contributed by atoms with Gasteiger partial charge in [0.05, 0.1) is 17.3 Å². The first-order chi connectivity index (χ1) is 6.48. The van der Waals surface area contributed by atoms with Crippen molar-refractivity contribution in [2.24, 2.45) is 0 Å². The minimum absolute atomic E-state index is 0.175. The molecule has 0 saturated carbocycles. The highest BCUT2D eigenvalue weighted by Gasteiger charge is 2.30. The summed E-state index contributed by atoms with van der Waals surface area (Å²) < 4.78 is 38.2. The van der Waals surface area contributed by atoms with E-state index < -0.39 is 11.7 Å². The minimum Gasteiger partial charge on any atom is -0.369 e. The van der Waals surface area contributed by atoms with Crippen molar-refractivity contribution >= 4 is 11.5 Å². The maximum Gasteiger partial charge on any atom is 0.416 e. The van der Waals surface area contributed by atoms with Gasteiger partial charge < -0.3 is 5.73 Å². The van der Waals surface area contributed by atoms with E-state index in [9.17, 15) is 13.2 Å². The first-order valence-electron chi connectivity index (χ1n) is 3.78. The zero-order valence-corrected chi connectivity index (χ0v) is 6.92. The van der Waals surface area contributed by atoms with E-state index in [1.54, 1.807) is 0 Å². The van der Waals surface area contributed by atoms with Crippen LogP contribution >= 0.6 is 0 Å². The number of rotatable bonds is 0. The van der Waals surface area contributed by atoms with E-state index in [1.807, 2.05) is 0 Å². The van der Waals surface area contributed by atoms with Gasteiger partial charge in [-0.1, -0.05) is 0 Å². The Labute approximate surface area is 77.0 Å². The lowest BCUT2D eigenvalue weighted by Crippen LogP contribution is -2.05. The third-order valence-electron chi connectivity index (χ3n) is 1.89. The molecule has 0 amide bonds. The van der Waals surface area contributed by atoms with Crippen LogP contribution in [0.2, 0.25) is 0 Å². The fourth-order valence-electron chi connectivity index (χ4n) is 1.20. The molecule has 0 aromatic carbocycles. The Morgan fingerprint density at radius 3 is 2.71 bits per heavy atom. The van der Waals surface area contributed by atoms with E-state index in [0.717, 1.165) is 12.1 Å². The van der Waals surface area contributed by atoms with Crippen LogP contribution in [0.4, 0.5) is 19.1 Å². The molecule has 0 saturated heterocycles. The largest absolute Gasteiger partial charge is 0.416 e. The molecule has 0 atom stereocenters. The fourth-order valence-corrected chi connectivity index (χ4v) is 1.20. The molecule has 0 spiro atoms. The van der Waals surface area contributed by atoms with Crippen LogP contribution in [0.1, 0.15) is 5.56 Å². The lowest BCUT2D eigenvalue weighted by Gasteiger charge is -2.06. The van der Waals surface area contributed by atoms with Crippen LogP contribution in [0.5, 0.6) is 0 Å². The highest BCUT2D eigenvalue weighted by atomic mass is 19.4. The molecule has 0 aliphatic heterocycles. The van der Waals surface area contributed by atoms with Crippen LogP contribution in [0.25, 0.3) is 5.52 Å². The molecule has 0 bridgehead atoms. The molecule has 0 unspecified atom stereocenters. The van der Waals surface area contributed by atoms with E-state index >= 15 is 0 Å². The highest BCUT2D eigenvalue weighted by molar-refractivity contribution is 5.52. The number of aromatic nitrogens is 2. The number of nitrogens with two attached hydrogens (primary N) is 1. The Morgan fingerprint density at radius 1 is 1.36 bits per heavy atom. The molecular formula is C8H6F3N3. The van der Waals surface area contributed by atoms with Gasteiger partial charge in [-0.25, -0.2) is 4.98 Å². The van der Waals surface area contributed by atoms with Gasteiger partial charge in [0.1, 0.15) is 0 Å². The van der Waals surface area contributed by atoms with Gasteiger partial charge in [-0.3, -0.25) is 4.40 Å². The predicted octanol–water partition coefficient (Wildman–Crippen LogP) is 1.94. The molecule has 3 nitrogen and oxygen atoms in total. The summed E-state index contributed by atoms with van der Waals surface area (Å²) in [5.41, 5.74) is 5.03. The van der Waals surface area contributed by atoms with Crippen molar-refractivity contribution < 1.29 is 13.2 Å². The maximum absolute atomic E-state index is 12.3. The molecule has 2 N–H and O–H groups in total. The van der Waals surface area contributed by atoms with Crippen molar-refractivity contribution in [1.82, 2.24) is 9.38 Å². The number of halogens is 3. The van der Waals surface area contributed by atoms with E-state index in [2.05, 4.69) is 4.98 Å². The van der Waals surface area contributed by atoms with E-state index in [0.29, 0.717) is 5.52 Å². The third kappa shape index (κ3) is 1.28. The monoisotopic (exact) mass is 201 g/mol. The van der Waals surface area contributed by atoms with Crippen molar-refractivity contribution in [1.29, 1.82) is 0 Å². The smallest absolute Gasteiger partial charge is 0.369 e.